The molecule has 0 aliphatic rings. The van der Waals surface area contributed by atoms with Crippen molar-refractivity contribution in [3.05, 3.63) is 0 Å². The van der Waals surface area contributed by atoms with Crippen LogP contribution in [-0.4, -0.2) is 22.8 Å². The molecule has 0 aliphatic heterocycles. The van der Waals surface area contributed by atoms with E-state index in [1.54, 1.807) is 0 Å². The first-order valence-corrected chi connectivity index (χ1v) is 4.86. The smallest absolute Gasteiger partial charge is 0.319 e. The third-order valence-corrected chi connectivity index (χ3v) is 1.86. The fourth-order valence-corrected chi connectivity index (χ4v) is 1.25. The van der Waals surface area contributed by atoms with Gasteiger partial charge in [-0.3, -0.25) is 0 Å². The maximum absolute atomic E-state index is 5.38. The monoisotopic (exact) mass is 198 g/mol. The van der Waals surface area contributed by atoms with Crippen LogP contribution in [0.4, 0.5) is 12.0 Å². The molecule has 0 unspecified atom stereocenters. The molecule has 0 spiro atoms. The Kier molecular flexibility index (Phi) is 3.33. The zero-order valence-corrected chi connectivity index (χ0v) is 9.19. The molecule has 0 atom stereocenters. The van der Waals surface area contributed by atoms with Crippen LogP contribution in [0.15, 0.2) is 4.42 Å². The summed E-state index contributed by atoms with van der Waals surface area (Å²) in [6, 6.07) is 0.956. The molecule has 0 aliphatic carbocycles. The molecule has 1 heterocycles. The molecule has 5 heteroatoms. The average Bonchev–Trinajstić information content (AvgIpc) is 2.46. The van der Waals surface area contributed by atoms with Crippen LogP contribution in [0, 0.1) is 5.92 Å². The van der Waals surface area contributed by atoms with Crippen molar-refractivity contribution in [3.63, 3.8) is 0 Å². The van der Waals surface area contributed by atoms with E-state index in [2.05, 4.69) is 37.9 Å². The van der Waals surface area contributed by atoms with Crippen LogP contribution in [-0.2, 0) is 0 Å². The van der Waals surface area contributed by atoms with E-state index in [-0.39, 0.29) is 6.01 Å². The Labute approximate surface area is 84.3 Å². The quantitative estimate of drug-likeness (QED) is 0.794. The van der Waals surface area contributed by atoms with Crippen LogP contribution in [0.25, 0.3) is 0 Å². The van der Waals surface area contributed by atoms with Crippen LogP contribution >= 0.6 is 0 Å². The molecule has 1 rings (SSSR count). The van der Waals surface area contributed by atoms with Crippen molar-refractivity contribution in [2.45, 2.75) is 33.7 Å². The Balaban J connectivity index is 2.77. The third-order valence-electron chi connectivity index (χ3n) is 1.86. The number of rotatable bonds is 4. The zero-order valence-electron chi connectivity index (χ0n) is 9.19. The highest BCUT2D eigenvalue weighted by molar-refractivity contribution is 5.28. The lowest BCUT2D eigenvalue weighted by atomic mass is 10.2. The van der Waals surface area contributed by atoms with Crippen molar-refractivity contribution in [1.29, 1.82) is 0 Å². The Morgan fingerprint density at radius 3 is 2.29 bits per heavy atom. The fraction of sp³-hybridized carbons (Fsp3) is 0.778. The summed E-state index contributed by atoms with van der Waals surface area (Å²) in [5.41, 5.74) is 5.38. The summed E-state index contributed by atoms with van der Waals surface area (Å²) in [4.78, 5) is 2.05. The van der Waals surface area contributed by atoms with E-state index in [1.165, 1.54) is 0 Å². The third kappa shape index (κ3) is 2.61. The van der Waals surface area contributed by atoms with Gasteiger partial charge in [0.05, 0.1) is 0 Å². The molecule has 0 fully saturated rings. The summed E-state index contributed by atoms with van der Waals surface area (Å²) < 4.78 is 5.19. The summed E-state index contributed by atoms with van der Waals surface area (Å²) in [5.74, 6) is 0.547. The summed E-state index contributed by atoms with van der Waals surface area (Å²) in [7, 11) is 0. The molecule has 1 aromatic heterocycles. The molecular formula is C9H18N4O. The van der Waals surface area contributed by atoms with Crippen molar-refractivity contribution >= 4 is 12.0 Å². The number of nitrogen functional groups attached to an aromatic ring is 1. The van der Waals surface area contributed by atoms with Gasteiger partial charge in [0.1, 0.15) is 0 Å². The van der Waals surface area contributed by atoms with E-state index in [4.69, 9.17) is 10.2 Å². The van der Waals surface area contributed by atoms with Crippen LogP contribution in [0.5, 0.6) is 0 Å². The van der Waals surface area contributed by atoms with Gasteiger partial charge in [0.2, 0.25) is 0 Å². The second kappa shape index (κ2) is 4.30. The van der Waals surface area contributed by atoms with Gasteiger partial charge in [0, 0.05) is 12.6 Å². The van der Waals surface area contributed by atoms with Gasteiger partial charge in [-0.2, -0.15) is 0 Å². The molecule has 2 N–H and O–H groups in total. The molecule has 80 valence electrons. The minimum Gasteiger partial charge on any atom is -0.390 e. The van der Waals surface area contributed by atoms with Crippen LogP contribution in [0.2, 0.25) is 0 Å². The highest BCUT2D eigenvalue weighted by atomic mass is 16.4. The van der Waals surface area contributed by atoms with E-state index < -0.39 is 0 Å². The van der Waals surface area contributed by atoms with Crippen LogP contribution in [0.3, 0.4) is 0 Å². The molecule has 0 aromatic carbocycles. The van der Waals surface area contributed by atoms with Crippen molar-refractivity contribution in [3.8, 4) is 0 Å². The lowest BCUT2D eigenvalue weighted by molar-refractivity contribution is 0.491. The van der Waals surface area contributed by atoms with Crippen LogP contribution in [0.1, 0.15) is 27.7 Å². The van der Waals surface area contributed by atoms with Gasteiger partial charge in [-0.15, -0.1) is 0 Å². The van der Waals surface area contributed by atoms with Gasteiger partial charge in [-0.1, -0.05) is 24.0 Å². The van der Waals surface area contributed by atoms with Gasteiger partial charge < -0.3 is 15.1 Å². The standard InChI is InChI=1S/C9H18N4O/c1-6(2)5-13(7(3)4)9-12-11-8(10)14-9/h6-7H,5H2,1-4H3,(H2,10,11). The van der Waals surface area contributed by atoms with Crippen molar-refractivity contribution in [2.75, 3.05) is 17.2 Å². The average molecular weight is 198 g/mol. The highest BCUT2D eigenvalue weighted by Crippen LogP contribution is 2.17. The molecule has 1 aromatic rings. The number of hydrogen-bond acceptors (Lipinski definition) is 5. The van der Waals surface area contributed by atoms with E-state index in [1.807, 2.05) is 4.90 Å². The first kappa shape index (κ1) is 10.8. The van der Waals surface area contributed by atoms with Crippen molar-refractivity contribution < 1.29 is 4.42 Å². The second-order valence-electron chi connectivity index (χ2n) is 4.06. The normalized spacial score (nSPS) is 11.3. The molecule has 0 radical (unpaired) electrons. The van der Waals surface area contributed by atoms with Gasteiger partial charge >= 0.3 is 12.0 Å². The summed E-state index contributed by atoms with van der Waals surface area (Å²) >= 11 is 0. The predicted molar refractivity (Wildman–Crippen MR) is 56.0 cm³/mol. The number of anilines is 2. The molecule has 0 saturated carbocycles. The second-order valence-corrected chi connectivity index (χ2v) is 4.06. The SMILES string of the molecule is CC(C)CN(c1nnc(N)o1)C(C)C. The number of aromatic nitrogens is 2. The van der Waals surface area contributed by atoms with E-state index in [0.29, 0.717) is 18.0 Å². The Morgan fingerprint density at radius 2 is 1.93 bits per heavy atom. The fourth-order valence-electron chi connectivity index (χ4n) is 1.25. The lowest BCUT2D eigenvalue weighted by Crippen LogP contribution is -2.34. The molecular weight excluding hydrogens is 180 g/mol. The molecule has 0 amide bonds. The minimum absolute atomic E-state index is 0.120. The van der Waals surface area contributed by atoms with E-state index in [0.717, 1.165) is 6.54 Å². The van der Waals surface area contributed by atoms with Crippen LogP contribution < -0.4 is 10.6 Å². The maximum Gasteiger partial charge on any atom is 0.319 e. The van der Waals surface area contributed by atoms with Gasteiger partial charge in [0.15, 0.2) is 0 Å². The molecule has 0 saturated heterocycles. The summed E-state index contributed by atoms with van der Waals surface area (Å²) in [6.07, 6.45) is 0. The number of hydrogen-bond donors (Lipinski definition) is 1. The first-order valence-electron chi connectivity index (χ1n) is 4.86. The Bertz CT molecular complexity index is 282. The van der Waals surface area contributed by atoms with E-state index in [9.17, 15) is 0 Å². The Morgan fingerprint density at radius 1 is 1.29 bits per heavy atom. The highest BCUT2D eigenvalue weighted by Gasteiger charge is 2.17. The van der Waals surface area contributed by atoms with Gasteiger partial charge in [-0.25, -0.2) is 0 Å². The van der Waals surface area contributed by atoms with Gasteiger partial charge in [0.25, 0.3) is 0 Å². The number of nitrogens with zero attached hydrogens (tertiary/aromatic N) is 3. The molecule has 14 heavy (non-hydrogen) atoms. The van der Waals surface area contributed by atoms with E-state index >= 15 is 0 Å². The maximum atomic E-state index is 5.38. The lowest BCUT2D eigenvalue weighted by Gasteiger charge is -2.25. The zero-order chi connectivity index (χ0) is 10.7. The topological polar surface area (TPSA) is 68.2 Å². The molecule has 0 bridgehead atoms. The van der Waals surface area contributed by atoms with Crippen molar-refractivity contribution in [2.24, 2.45) is 5.92 Å². The predicted octanol–water partition coefficient (Wildman–Crippen LogP) is 1.52. The first-order chi connectivity index (χ1) is 6.50. The Hall–Kier alpha value is -1.26. The minimum atomic E-state index is 0.120. The van der Waals surface area contributed by atoms with Gasteiger partial charge in [-0.05, 0) is 19.8 Å². The largest absolute Gasteiger partial charge is 0.390 e. The summed E-state index contributed by atoms with van der Waals surface area (Å²) in [5, 5.41) is 7.52. The van der Waals surface area contributed by atoms with Crippen molar-refractivity contribution in [1.82, 2.24) is 10.2 Å². The summed E-state index contributed by atoms with van der Waals surface area (Å²) in [6.45, 7) is 9.36. The molecule has 5 nitrogen and oxygen atoms in total. The number of nitrogens with two attached hydrogens (primary N) is 1.